The van der Waals surface area contributed by atoms with Gasteiger partial charge in [0.1, 0.15) is 5.82 Å². The second-order valence-corrected chi connectivity index (χ2v) is 6.50. The lowest BCUT2D eigenvalue weighted by molar-refractivity contribution is -0.144. The summed E-state index contributed by atoms with van der Waals surface area (Å²) in [5.41, 5.74) is 0.276. The first-order chi connectivity index (χ1) is 10.0. The third kappa shape index (κ3) is 3.83. The Morgan fingerprint density at radius 1 is 1.48 bits per heavy atom. The van der Waals surface area contributed by atoms with Crippen LogP contribution in [0, 0.1) is 12.7 Å². The maximum Gasteiger partial charge on any atom is 0.334 e. The van der Waals surface area contributed by atoms with Crippen LogP contribution >= 0.6 is 27.3 Å². The number of hydrogen-bond donors (Lipinski definition) is 1. The highest BCUT2D eigenvalue weighted by Crippen LogP contribution is 2.33. The van der Waals surface area contributed by atoms with Crippen LogP contribution in [0.2, 0.25) is 0 Å². The largest absolute Gasteiger partial charge is 0.464 e. The summed E-state index contributed by atoms with van der Waals surface area (Å²) in [6, 6.07) is 7.39. The number of anilines is 1. The summed E-state index contributed by atoms with van der Waals surface area (Å²) in [5.74, 6) is -0.825. The summed E-state index contributed by atoms with van der Waals surface area (Å²) in [7, 11) is 0. The molecule has 6 heteroatoms. The number of nitrogens with one attached hydrogen (secondary N) is 1. The molecule has 2 aromatic rings. The number of halogens is 2. The molecule has 0 saturated heterocycles. The number of benzene rings is 1. The molecule has 21 heavy (non-hydrogen) atoms. The number of para-hydroxylation sites is 1. The minimum Gasteiger partial charge on any atom is -0.464 e. The van der Waals surface area contributed by atoms with E-state index in [9.17, 15) is 9.18 Å². The lowest BCUT2D eigenvalue weighted by Gasteiger charge is -2.17. The zero-order valence-electron chi connectivity index (χ0n) is 11.7. The van der Waals surface area contributed by atoms with Crippen LogP contribution < -0.4 is 5.32 Å². The van der Waals surface area contributed by atoms with Gasteiger partial charge in [0.05, 0.1) is 12.3 Å². The average Bonchev–Trinajstić information content (AvgIpc) is 2.77. The van der Waals surface area contributed by atoms with Crippen molar-refractivity contribution in [2.45, 2.75) is 19.9 Å². The third-order valence-corrected chi connectivity index (χ3v) is 5.06. The van der Waals surface area contributed by atoms with Crippen molar-refractivity contribution in [1.82, 2.24) is 0 Å². The van der Waals surface area contributed by atoms with Gasteiger partial charge in [0.25, 0.3) is 0 Å². The molecule has 0 amide bonds. The molecule has 112 valence electrons. The van der Waals surface area contributed by atoms with E-state index in [-0.39, 0.29) is 12.3 Å². The summed E-state index contributed by atoms with van der Waals surface area (Å²) in [5, 5.41) is 2.93. The van der Waals surface area contributed by atoms with Gasteiger partial charge in [0.15, 0.2) is 6.04 Å². The van der Waals surface area contributed by atoms with Crippen LogP contribution in [-0.2, 0) is 9.53 Å². The zero-order valence-corrected chi connectivity index (χ0v) is 14.1. The summed E-state index contributed by atoms with van der Waals surface area (Å²) < 4.78 is 19.8. The minimum absolute atomic E-state index is 0.276. The number of aryl methyl sites for hydroxylation is 1. The number of ether oxygens (including phenoxy) is 1. The van der Waals surface area contributed by atoms with Crippen LogP contribution in [0.4, 0.5) is 10.1 Å². The zero-order chi connectivity index (χ0) is 15.4. The van der Waals surface area contributed by atoms with E-state index < -0.39 is 17.8 Å². The molecule has 0 aliphatic rings. The highest BCUT2D eigenvalue weighted by Gasteiger charge is 2.25. The SMILES string of the molecule is CCOC(=O)C(Nc1ccccc1F)c1cc(Br)c(C)s1. The molecule has 0 aliphatic carbocycles. The fourth-order valence-electron chi connectivity index (χ4n) is 1.83. The Morgan fingerprint density at radius 2 is 2.19 bits per heavy atom. The van der Waals surface area contributed by atoms with Crippen molar-refractivity contribution in [2.24, 2.45) is 0 Å². The van der Waals surface area contributed by atoms with Gasteiger partial charge in [-0.25, -0.2) is 9.18 Å². The third-order valence-electron chi connectivity index (χ3n) is 2.86. The molecule has 0 fully saturated rings. The number of carbonyl (C=O) groups is 1. The second-order valence-electron chi connectivity index (χ2n) is 4.36. The number of thiophene rings is 1. The first kappa shape index (κ1) is 16.0. The normalized spacial score (nSPS) is 12.0. The maximum absolute atomic E-state index is 13.8. The van der Waals surface area contributed by atoms with Crippen LogP contribution in [0.15, 0.2) is 34.8 Å². The van der Waals surface area contributed by atoms with Crippen molar-refractivity contribution in [2.75, 3.05) is 11.9 Å². The first-order valence-corrected chi connectivity index (χ1v) is 8.07. The van der Waals surface area contributed by atoms with Gasteiger partial charge in [-0.3, -0.25) is 0 Å². The topological polar surface area (TPSA) is 38.3 Å². The van der Waals surface area contributed by atoms with Crippen LogP contribution in [0.1, 0.15) is 22.7 Å². The van der Waals surface area contributed by atoms with Crippen LogP contribution in [0.25, 0.3) is 0 Å². The van der Waals surface area contributed by atoms with E-state index in [2.05, 4.69) is 21.2 Å². The summed E-state index contributed by atoms with van der Waals surface area (Å²) in [6.07, 6.45) is 0. The van der Waals surface area contributed by atoms with E-state index in [1.165, 1.54) is 17.4 Å². The van der Waals surface area contributed by atoms with Gasteiger partial charge in [-0.2, -0.15) is 0 Å². The molecule has 0 radical (unpaired) electrons. The smallest absolute Gasteiger partial charge is 0.334 e. The standard InChI is InChI=1S/C15H15BrFNO2S/c1-3-20-15(19)14(13-8-10(16)9(2)21-13)18-12-7-5-4-6-11(12)17/h4-8,14,18H,3H2,1-2H3. The number of esters is 1. The van der Waals surface area contributed by atoms with E-state index >= 15 is 0 Å². The van der Waals surface area contributed by atoms with Crippen molar-refractivity contribution in [3.8, 4) is 0 Å². The fraction of sp³-hybridized carbons (Fsp3) is 0.267. The molecule has 2 rings (SSSR count). The van der Waals surface area contributed by atoms with Gasteiger partial charge in [0, 0.05) is 14.2 Å². The van der Waals surface area contributed by atoms with Gasteiger partial charge in [-0.05, 0) is 48.0 Å². The first-order valence-electron chi connectivity index (χ1n) is 6.46. The summed E-state index contributed by atoms with van der Waals surface area (Å²) in [6.45, 7) is 3.97. The van der Waals surface area contributed by atoms with E-state index in [0.717, 1.165) is 14.2 Å². The van der Waals surface area contributed by atoms with Gasteiger partial charge in [0.2, 0.25) is 0 Å². The van der Waals surface area contributed by atoms with Crippen molar-refractivity contribution < 1.29 is 13.9 Å². The van der Waals surface area contributed by atoms with E-state index in [1.54, 1.807) is 25.1 Å². The van der Waals surface area contributed by atoms with E-state index in [4.69, 9.17) is 4.74 Å². The van der Waals surface area contributed by atoms with E-state index in [1.807, 2.05) is 13.0 Å². The van der Waals surface area contributed by atoms with E-state index in [0.29, 0.717) is 0 Å². The molecule has 1 aromatic carbocycles. The molecule has 0 bridgehead atoms. The molecule has 1 atom stereocenters. The lowest BCUT2D eigenvalue weighted by Crippen LogP contribution is -2.23. The van der Waals surface area contributed by atoms with Gasteiger partial charge in [-0.15, -0.1) is 11.3 Å². The molecule has 0 aliphatic heterocycles. The number of carbonyl (C=O) groups excluding carboxylic acids is 1. The fourth-order valence-corrected chi connectivity index (χ4v) is 3.43. The highest BCUT2D eigenvalue weighted by molar-refractivity contribution is 9.10. The van der Waals surface area contributed by atoms with Gasteiger partial charge >= 0.3 is 5.97 Å². The molecule has 0 spiro atoms. The minimum atomic E-state index is -0.725. The quantitative estimate of drug-likeness (QED) is 0.775. The van der Waals surface area contributed by atoms with Crippen molar-refractivity contribution in [3.05, 3.63) is 50.4 Å². The Balaban J connectivity index is 2.32. The Kier molecular flexibility index (Phi) is 5.36. The average molecular weight is 372 g/mol. The highest BCUT2D eigenvalue weighted by atomic mass is 79.9. The molecular weight excluding hydrogens is 357 g/mol. The van der Waals surface area contributed by atoms with Crippen LogP contribution in [-0.4, -0.2) is 12.6 Å². The molecular formula is C15H15BrFNO2S. The van der Waals surface area contributed by atoms with Crippen LogP contribution in [0.5, 0.6) is 0 Å². The van der Waals surface area contributed by atoms with Crippen molar-refractivity contribution in [3.63, 3.8) is 0 Å². The number of rotatable bonds is 5. The summed E-state index contributed by atoms with van der Waals surface area (Å²) >= 11 is 4.90. The number of hydrogen-bond acceptors (Lipinski definition) is 4. The Labute approximate surface area is 135 Å². The molecule has 1 aromatic heterocycles. The predicted octanol–water partition coefficient (Wildman–Crippen LogP) is 4.67. The Morgan fingerprint density at radius 3 is 2.76 bits per heavy atom. The molecule has 1 N–H and O–H groups in total. The molecule has 0 saturated carbocycles. The van der Waals surface area contributed by atoms with Crippen molar-refractivity contribution >= 4 is 38.9 Å². The van der Waals surface area contributed by atoms with Gasteiger partial charge in [-0.1, -0.05) is 12.1 Å². The Bertz CT molecular complexity index is 625. The Hall–Kier alpha value is -1.40. The summed E-state index contributed by atoms with van der Waals surface area (Å²) in [4.78, 5) is 14.0. The monoisotopic (exact) mass is 371 g/mol. The molecule has 1 unspecified atom stereocenters. The molecule has 3 nitrogen and oxygen atoms in total. The second kappa shape index (κ2) is 7.04. The van der Waals surface area contributed by atoms with Crippen molar-refractivity contribution in [1.29, 1.82) is 0 Å². The van der Waals surface area contributed by atoms with Gasteiger partial charge < -0.3 is 10.1 Å². The maximum atomic E-state index is 13.8. The van der Waals surface area contributed by atoms with Crippen LogP contribution in [0.3, 0.4) is 0 Å². The lowest BCUT2D eigenvalue weighted by atomic mass is 10.2. The molecule has 1 heterocycles. The predicted molar refractivity (Wildman–Crippen MR) is 86.2 cm³/mol.